The van der Waals surface area contributed by atoms with E-state index in [2.05, 4.69) is 184 Å². The summed E-state index contributed by atoms with van der Waals surface area (Å²) < 4.78 is 7.27. The summed E-state index contributed by atoms with van der Waals surface area (Å²) in [4.78, 5) is 0. The molecule has 0 saturated carbocycles. The van der Waals surface area contributed by atoms with Crippen molar-refractivity contribution < 1.29 is 0 Å². The molecule has 11 rings (SSSR count). The number of fused-ring (bicyclic) bond motifs is 10. The van der Waals surface area contributed by atoms with Crippen LogP contribution in [-0.4, -0.2) is 13.7 Å². The van der Waals surface area contributed by atoms with Gasteiger partial charge in [0.15, 0.2) is 0 Å². The Kier molecular flexibility index (Phi) is 6.28. The summed E-state index contributed by atoms with van der Waals surface area (Å²) in [7, 11) is 0. The van der Waals surface area contributed by atoms with Gasteiger partial charge < -0.3 is 13.7 Å². The zero-order valence-electron chi connectivity index (χ0n) is 28.6. The first kappa shape index (κ1) is 29.4. The van der Waals surface area contributed by atoms with E-state index >= 15 is 0 Å². The van der Waals surface area contributed by atoms with Gasteiger partial charge in [0.05, 0.1) is 44.7 Å². The Hall–Kier alpha value is -7.35. The van der Waals surface area contributed by atoms with E-state index in [1.54, 1.807) is 0 Å². The number of para-hydroxylation sites is 5. The molecule has 53 heavy (non-hydrogen) atoms. The fraction of sp³-hybridized carbons (Fsp3) is 0. The van der Waals surface area contributed by atoms with Crippen molar-refractivity contribution in [2.24, 2.45) is 0 Å². The third-order valence-corrected chi connectivity index (χ3v) is 10.8. The van der Waals surface area contributed by atoms with Gasteiger partial charge >= 0.3 is 0 Å². The molecule has 0 bridgehead atoms. The zero-order valence-corrected chi connectivity index (χ0v) is 28.6. The van der Waals surface area contributed by atoms with Gasteiger partial charge in [-0.1, -0.05) is 115 Å². The molecule has 0 radical (unpaired) electrons. The molecular formula is C49H30N4. The van der Waals surface area contributed by atoms with E-state index in [1.807, 2.05) is 18.2 Å². The second-order valence-corrected chi connectivity index (χ2v) is 13.7. The van der Waals surface area contributed by atoms with Gasteiger partial charge in [-0.2, -0.15) is 5.26 Å². The summed E-state index contributed by atoms with van der Waals surface area (Å²) in [5.74, 6) is 0. The Morgan fingerprint density at radius 1 is 0.321 bits per heavy atom. The molecule has 0 amide bonds. The summed E-state index contributed by atoms with van der Waals surface area (Å²) >= 11 is 0. The lowest BCUT2D eigenvalue weighted by molar-refractivity contribution is 1.13. The van der Waals surface area contributed by atoms with Crippen molar-refractivity contribution in [3.63, 3.8) is 0 Å². The average molecular weight is 675 g/mol. The largest absolute Gasteiger partial charge is 0.309 e. The molecule has 4 heteroatoms. The lowest BCUT2D eigenvalue weighted by Gasteiger charge is -2.17. The lowest BCUT2D eigenvalue weighted by Crippen LogP contribution is -2.01. The van der Waals surface area contributed by atoms with Crippen LogP contribution in [0.3, 0.4) is 0 Å². The predicted molar refractivity (Wildman–Crippen MR) is 220 cm³/mol. The zero-order chi connectivity index (χ0) is 35.0. The van der Waals surface area contributed by atoms with Gasteiger partial charge in [-0.25, -0.2) is 0 Å². The van der Waals surface area contributed by atoms with Gasteiger partial charge in [0.1, 0.15) is 0 Å². The molecule has 0 fully saturated rings. The van der Waals surface area contributed by atoms with Crippen LogP contribution < -0.4 is 0 Å². The van der Waals surface area contributed by atoms with E-state index < -0.39 is 0 Å². The van der Waals surface area contributed by atoms with Gasteiger partial charge in [-0.05, 0) is 77.9 Å². The smallest absolute Gasteiger partial charge is 0.0991 e. The molecule has 0 aliphatic rings. The molecule has 11 aromatic rings. The van der Waals surface area contributed by atoms with Crippen LogP contribution in [0.2, 0.25) is 0 Å². The molecule has 0 aliphatic heterocycles. The number of rotatable bonds is 4. The van der Waals surface area contributed by atoms with Gasteiger partial charge in [0.25, 0.3) is 0 Å². The van der Waals surface area contributed by atoms with Crippen LogP contribution in [0.4, 0.5) is 0 Å². The first-order valence-electron chi connectivity index (χ1n) is 17.9. The summed E-state index contributed by atoms with van der Waals surface area (Å²) in [6.45, 7) is 0. The maximum absolute atomic E-state index is 9.91. The van der Waals surface area contributed by atoms with E-state index in [0.29, 0.717) is 5.56 Å². The van der Waals surface area contributed by atoms with Crippen molar-refractivity contribution in [3.8, 4) is 34.3 Å². The second kappa shape index (κ2) is 11.3. The summed E-state index contributed by atoms with van der Waals surface area (Å²) in [5, 5.41) is 17.2. The minimum atomic E-state index is 0.636. The van der Waals surface area contributed by atoms with Gasteiger partial charge in [-0.15, -0.1) is 0 Å². The highest BCUT2D eigenvalue weighted by atomic mass is 15.1. The molecule has 246 valence electrons. The van der Waals surface area contributed by atoms with Crippen molar-refractivity contribution in [2.75, 3.05) is 0 Å². The fourth-order valence-electron chi connectivity index (χ4n) is 8.60. The molecule has 0 spiro atoms. The highest BCUT2D eigenvalue weighted by molar-refractivity contribution is 6.24. The quantitative estimate of drug-likeness (QED) is 0.183. The number of hydrogen-bond donors (Lipinski definition) is 0. The SMILES string of the molecule is N#Cc1cccc(-c2cc(-n3c4ccccc4c4ccccc43)cc(-n3c4ccccc4c4ccc5c6ccccc6n(-c6ccccc6)c5c43)c2)c1. The summed E-state index contributed by atoms with van der Waals surface area (Å²) in [6, 6.07) is 67.2. The summed E-state index contributed by atoms with van der Waals surface area (Å²) in [5.41, 5.74) is 12.8. The first-order valence-corrected chi connectivity index (χ1v) is 17.9. The molecule has 0 N–H and O–H groups in total. The van der Waals surface area contributed by atoms with E-state index in [9.17, 15) is 5.26 Å². The molecule has 0 aliphatic carbocycles. The number of hydrogen-bond acceptors (Lipinski definition) is 1. The molecule has 4 nitrogen and oxygen atoms in total. The Morgan fingerprint density at radius 3 is 1.32 bits per heavy atom. The Morgan fingerprint density at radius 2 is 0.774 bits per heavy atom. The van der Waals surface area contributed by atoms with Crippen molar-refractivity contribution in [2.45, 2.75) is 0 Å². The Bertz CT molecular complexity index is 3240. The third-order valence-electron chi connectivity index (χ3n) is 10.8. The maximum atomic E-state index is 9.91. The van der Waals surface area contributed by atoms with Crippen LogP contribution in [0.1, 0.15) is 5.56 Å². The molecule has 0 atom stereocenters. The number of benzene rings is 8. The average Bonchev–Trinajstić information content (AvgIpc) is 3.87. The van der Waals surface area contributed by atoms with Crippen molar-refractivity contribution >= 4 is 65.4 Å². The van der Waals surface area contributed by atoms with E-state index in [0.717, 1.165) is 50.3 Å². The normalized spacial score (nSPS) is 11.8. The van der Waals surface area contributed by atoms with Crippen LogP contribution in [-0.2, 0) is 0 Å². The molecular weight excluding hydrogens is 645 g/mol. The minimum Gasteiger partial charge on any atom is -0.309 e. The van der Waals surface area contributed by atoms with E-state index in [-0.39, 0.29) is 0 Å². The number of aromatic nitrogens is 3. The van der Waals surface area contributed by atoms with Crippen LogP contribution in [0.25, 0.3) is 93.6 Å². The molecule has 3 heterocycles. The van der Waals surface area contributed by atoms with Crippen molar-refractivity contribution in [1.82, 2.24) is 13.7 Å². The monoisotopic (exact) mass is 674 g/mol. The van der Waals surface area contributed by atoms with Crippen LogP contribution in [0.15, 0.2) is 182 Å². The Balaban J connectivity index is 1.33. The second-order valence-electron chi connectivity index (χ2n) is 13.7. The maximum Gasteiger partial charge on any atom is 0.0991 e. The van der Waals surface area contributed by atoms with Crippen LogP contribution in [0, 0.1) is 11.3 Å². The molecule has 8 aromatic carbocycles. The third kappa shape index (κ3) is 4.29. The highest BCUT2D eigenvalue weighted by Crippen LogP contribution is 2.43. The lowest BCUT2D eigenvalue weighted by atomic mass is 10.0. The predicted octanol–water partition coefficient (Wildman–Crippen LogP) is 12.5. The van der Waals surface area contributed by atoms with Gasteiger partial charge in [0.2, 0.25) is 0 Å². The van der Waals surface area contributed by atoms with Crippen LogP contribution in [0.5, 0.6) is 0 Å². The summed E-state index contributed by atoms with van der Waals surface area (Å²) in [6.07, 6.45) is 0. The Labute approximate surface area is 305 Å². The van der Waals surface area contributed by atoms with E-state index in [1.165, 1.54) is 43.4 Å². The first-order chi connectivity index (χ1) is 26.3. The van der Waals surface area contributed by atoms with Crippen molar-refractivity contribution in [1.29, 1.82) is 5.26 Å². The number of nitrogens with zero attached hydrogens (tertiary/aromatic N) is 4. The topological polar surface area (TPSA) is 38.6 Å². The van der Waals surface area contributed by atoms with Crippen molar-refractivity contribution in [3.05, 3.63) is 188 Å². The highest BCUT2D eigenvalue weighted by Gasteiger charge is 2.22. The van der Waals surface area contributed by atoms with E-state index in [4.69, 9.17) is 0 Å². The number of nitriles is 1. The molecule has 0 unspecified atom stereocenters. The van der Waals surface area contributed by atoms with Gasteiger partial charge in [0, 0.05) is 49.4 Å². The van der Waals surface area contributed by atoms with Gasteiger partial charge in [-0.3, -0.25) is 0 Å². The standard InChI is InChI=1S/C49H30N4/c50-31-32-13-12-14-33(27-32)34-28-36(51-44-21-8-4-17-38(44)39-18-5-9-22-45(39)51)30-37(29-34)53-47-24-11-7-20-41(47)43-26-25-42-40-19-6-10-23-46(40)52(48(42)49(43)53)35-15-2-1-3-16-35/h1-30H. The molecule has 3 aromatic heterocycles. The van der Waals surface area contributed by atoms with Crippen LogP contribution >= 0.6 is 0 Å². The molecule has 0 saturated heterocycles. The minimum absolute atomic E-state index is 0.636. The fourth-order valence-corrected chi connectivity index (χ4v) is 8.60.